The summed E-state index contributed by atoms with van der Waals surface area (Å²) in [6.45, 7) is 10.9. The minimum Gasteiger partial charge on any atom is -0.354 e. The summed E-state index contributed by atoms with van der Waals surface area (Å²) >= 11 is 0. The first-order valence-electron chi connectivity index (χ1n) is 17.1. The van der Waals surface area contributed by atoms with Crippen LogP contribution in [0.25, 0.3) is 0 Å². The van der Waals surface area contributed by atoms with Crippen molar-refractivity contribution in [3.05, 3.63) is 88.7 Å². The molecule has 49 heavy (non-hydrogen) atoms. The highest BCUT2D eigenvalue weighted by molar-refractivity contribution is 5.99. The van der Waals surface area contributed by atoms with Gasteiger partial charge in [-0.1, -0.05) is 56.3 Å². The largest absolute Gasteiger partial charge is 0.354 e. The predicted molar refractivity (Wildman–Crippen MR) is 186 cm³/mol. The number of nitrogens with zero attached hydrogens (tertiary/aromatic N) is 3. The first-order chi connectivity index (χ1) is 23.4. The van der Waals surface area contributed by atoms with Gasteiger partial charge in [0.1, 0.15) is 23.8 Å². The number of hydrogen-bond acceptors (Lipinski definition) is 6. The summed E-state index contributed by atoms with van der Waals surface area (Å²) in [4.78, 5) is 69.1. The molecule has 3 aromatic rings. The molecule has 0 unspecified atom stereocenters. The summed E-state index contributed by atoms with van der Waals surface area (Å²) < 4.78 is 1.69. The van der Waals surface area contributed by atoms with E-state index in [0.717, 1.165) is 16.8 Å². The van der Waals surface area contributed by atoms with Crippen molar-refractivity contribution < 1.29 is 24.0 Å². The second kappa shape index (κ2) is 17.4. The SMILES string of the molecule is CCn1nc(C)cc1C(=O)N1CCCCNC(=O)[C@@H](C)NC(=O)[C@H](CC(C)C)NC(=O)[C@@H](Cc2ccccc2)NC(=O)c2ccc(cc2)C1. The molecule has 5 rings (SSSR count). The van der Waals surface area contributed by atoms with Gasteiger partial charge in [-0.3, -0.25) is 28.7 Å². The molecule has 3 heterocycles. The maximum absolute atomic E-state index is 13.8. The summed E-state index contributed by atoms with van der Waals surface area (Å²) in [7, 11) is 0. The van der Waals surface area contributed by atoms with Crippen molar-refractivity contribution in [2.75, 3.05) is 13.1 Å². The predicted octanol–water partition coefficient (Wildman–Crippen LogP) is 3.14. The molecule has 0 saturated carbocycles. The Labute approximate surface area is 288 Å². The van der Waals surface area contributed by atoms with Crippen LogP contribution in [0.4, 0.5) is 0 Å². The number of rotatable bonds is 6. The summed E-state index contributed by atoms with van der Waals surface area (Å²) in [6.07, 6.45) is 1.78. The molecule has 12 heteroatoms. The van der Waals surface area contributed by atoms with E-state index in [2.05, 4.69) is 26.4 Å². The first-order valence-corrected chi connectivity index (χ1v) is 17.1. The van der Waals surface area contributed by atoms with Crippen LogP contribution in [0, 0.1) is 12.8 Å². The van der Waals surface area contributed by atoms with E-state index in [1.165, 1.54) is 0 Å². The normalized spacial score (nSPS) is 20.2. The van der Waals surface area contributed by atoms with E-state index < -0.39 is 35.8 Å². The van der Waals surface area contributed by atoms with Gasteiger partial charge in [0.15, 0.2) is 0 Å². The second-order valence-corrected chi connectivity index (χ2v) is 13.0. The Bertz CT molecular complexity index is 1600. The van der Waals surface area contributed by atoms with Gasteiger partial charge in [0, 0.05) is 38.2 Å². The third-order valence-electron chi connectivity index (χ3n) is 8.45. The van der Waals surface area contributed by atoms with Crippen LogP contribution in [-0.4, -0.2) is 75.4 Å². The fourth-order valence-electron chi connectivity index (χ4n) is 5.80. The van der Waals surface area contributed by atoms with Crippen LogP contribution in [0.1, 0.15) is 84.6 Å². The molecule has 2 aliphatic rings. The molecule has 4 N–H and O–H groups in total. The summed E-state index contributed by atoms with van der Waals surface area (Å²) in [6, 6.07) is 15.3. The number of carbonyl (C=O) groups excluding carboxylic acids is 5. The number of benzene rings is 2. The maximum Gasteiger partial charge on any atom is 0.272 e. The molecule has 5 amide bonds. The van der Waals surface area contributed by atoms with E-state index in [-0.39, 0.29) is 24.2 Å². The van der Waals surface area contributed by atoms with Gasteiger partial charge in [0.2, 0.25) is 17.7 Å². The van der Waals surface area contributed by atoms with Crippen molar-refractivity contribution in [3.8, 4) is 0 Å². The number of hydrogen-bond donors (Lipinski definition) is 4. The van der Waals surface area contributed by atoms with E-state index >= 15 is 0 Å². The fraction of sp³-hybridized carbons (Fsp3) is 0.459. The number of carbonyl (C=O) groups is 5. The van der Waals surface area contributed by atoms with Crippen molar-refractivity contribution in [3.63, 3.8) is 0 Å². The molecule has 0 radical (unpaired) electrons. The molecular formula is C37H49N7O5. The van der Waals surface area contributed by atoms with Crippen molar-refractivity contribution in [1.82, 2.24) is 35.9 Å². The smallest absolute Gasteiger partial charge is 0.272 e. The summed E-state index contributed by atoms with van der Waals surface area (Å²) in [5.74, 6) is -1.88. The molecular weight excluding hydrogens is 622 g/mol. The minimum atomic E-state index is -0.980. The maximum atomic E-state index is 13.8. The van der Waals surface area contributed by atoms with Crippen LogP contribution in [0.5, 0.6) is 0 Å². The van der Waals surface area contributed by atoms with Crippen LogP contribution in [0.2, 0.25) is 0 Å². The summed E-state index contributed by atoms with van der Waals surface area (Å²) in [5, 5.41) is 15.8. The third-order valence-corrected chi connectivity index (χ3v) is 8.45. The number of aryl methyl sites for hydroxylation is 2. The molecule has 3 atom stereocenters. The van der Waals surface area contributed by atoms with Gasteiger partial charge in [-0.05, 0) is 75.3 Å². The van der Waals surface area contributed by atoms with Crippen molar-refractivity contribution in [1.29, 1.82) is 0 Å². The van der Waals surface area contributed by atoms with Crippen molar-refractivity contribution in [2.45, 2.75) is 91.5 Å². The van der Waals surface area contributed by atoms with Crippen molar-refractivity contribution in [2.24, 2.45) is 5.92 Å². The van der Waals surface area contributed by atoms with Crippen LogP contribution in [0.3, 0.4) is 0 Å². The average Bonchev–Trinajstić information content (AvgIpc) is 3.47. The molecule has 0 aliphatic carbocycles. The highest BCUT2D eigenvalue weighted by Crippen LogP contribution is 2.15. The van der Waals surface area contributed by atoms with Crippen LogP contribution in [0.15, 0.2) is 60.7 Å². The molecule has 262 valence electrons. The van der Waals surface area contributed by atoms with E-state index in [1.54, 1.807) is 46.8 Å². The zero-order chi connectivity index (χ0) is 35.5. The Balaban J connectivity index is 1.63. The third kappa shape index (κ3) is 10.5. The van der Waals surface area contributed by atoms with Gasteiger partial charge in [0.25, 0.3) is 11.8 Å². The van der Waals surface area contributed by atoms with Crippen molar-refractivity contribution >= 4 is 29.5 Å². The highest BCUT2D eigenvalue weighted by atomic mass is 16.2. The Morgan fingerprint density at radius 3 is 2.27 bits per heavy atom. The zero-order valence-electron chi connectivity index (χ0n) is 29.1. The lowest BCUT2D eigenvalue weighted by Gasteiger charge is -2.25. The average molecular weight is 672 g/mol. The number of amides is 5. The summed E-state index contributed by atoms with van der Waals surface area (Å²) in [5.41, 5.74) is 3.27. The number of nitrogens with one attached hydrogen (secondary N) is 4. The topological polar surface area (TPSA) is 155 Å². The van der Waals surface area contributed by atoms with Crippen LogP contribution < -0.4 is 21.3 Å². The Hall–Kier alpha value is -5.00. The monoisotopic (exact) mass is 671 g/mol. The van der Waals surface area contributed by atoms with E-state index in [9.17, 15) is 24.0 Å². The number of fused-ring (bicyclic) bond motifs is 18. The Kier molecular flexibility index (Phi) is 13.1. The van der Waals surface area contributed by atoms with Crippen LogP contribution in [-0.2, 0) is 33.9 Å². The lowest BCUT2D eigenvalue weighted by molar-refractivity contribution is -0.132. The molecule has 2 bridgehead atoms. The molecule has 0 fully saturated rings. The van der Waals surface area contributed by atoms with Gasteiger partial charge in [-0.25, -0.2) is 0 Å². The quantitative estimate of drug-likeness (QED) is 0.296. The van der Waals surface area contributed by atoms with Gasteiger partial charge in [-0.2, -0.15) is 5.10 Å². The lowest BCUT2D eigenvalue weighted by atomic mass is 10.0. The van der Waals surface area contributed by atoms with E-state index in [4.69, 9.17) is 0 Å². The highest BCUT2D eigenvalue weighted by Gasteiger charge is 2.30. The molecule has 2 aliphatic heterocycles. The Morgan fingerprint density at radius 2 is 1.59 bits per heavy atom. The van der Waals surface area contributed by atoms with Gasteiger partial charge in [0.05, 0.1) is 5.69 Å². The minimum absolute atomic E-state index is 0.0633. The van der Waals surface area contributed by atoms with E-state index in [0.29, 0.717) is 56.7 Å². The number of aromatic nitrogens is 2. The van der Waals surface area contributed by atoms with Gasteiger partial charge < -0.3 is 26.2 Å². The second-order valence-electron chi connectivity index (χ2n) is 13.0. The Morgan fingerprint density at radius 1 is 0.898 bits per heavy atom. The van der Waals surface area contributed by atoms with E-state index in [1.807, 2.05) is 58.0 Å². The zero-order valence-corrected chi connectivity index (χ0v) is 29.1. The standard InChI is InChI=1S/C37H49N7O5/c1-6-44-32(21-25(4)42-44)37(49)43-19-11-10-18-38-33(45)26(5)39-35(47)30(20-24(2)3)41-36(48)31(22-27-12-8-7-9-13-27)40-34(46)29-16-14-28(23-43)15-17-29/h7-9,12-17,21,24,26,30-31H,6,10-11,18-20,22-23H2,1-5H3,(H,38,45)(H,39,47)(H,40,46)(H,41,48)/t26-,30+,31-/m1/s1. The first kappa shape index (κ1) is 36.8. The molecule has 2 aromatic carbocycles. The lowest BCUT2D eigenvalue weighted by Crippen LogP contribution is -2.57. The molecule has 0 saturated heterocycles. The molecule has 0 spiro atoms. The molecule has 1 aromatic heterocycles. The van der Waals surface area contributed by atoms with Gasteiger partial charge >= 0.3 is 0 Å². The van der Waals surface area contributed by atoms with Crippen LogP contribution >= 0.6 is 0 Å². The fourth-order valence-corrected chi connectivity index (χ4v) is 5.80. The molecule has 12 nitrogen and oxygen atoms in total. The van der Waals surface area contributed by atoms with Gasteiger partial charge in [-0.15, -0.1) is 0 Å².